The molecular formula is C25H31N8O6P-2. The number of anilines is 4. The van der Waals surface area contributed by atoms with Crippen LogP contribution in [-0.4, -0.2) is 66.2 Å². The van der Waals surface area contributed by atoms with Crippen molar-refractivity contribution in [1.82, 2.24) is 15.3 Å². The number of carbonyl (C=O) groups is 1. The van der Waals surface area contributed by atoms with E-state index in [9.17, 15) is 24.3 Å². The van der Waals surface area contributed by atoms with Crippen LogP contribution in [0, 0.1) is 22.7 Å². The molecule has 0 unspecified atom stereocenters. The molecule has 1 amide bonds. The first-order chi connectivity index (χ1) is 19.2. The van der Waals surface area contributed by atoms with E-state index in [-0.39, 0.29) is 29.1 Å². The van der Waals surface area contributed by atoms with Gasteiger partial charge in [-0.2, -0.15) is 10.2 Å². The van der Waals surface area contributed by atoms with E-state index in [0.29, 0.717) is 44.0 Å². The van der Waals surface area contributed by atoms with Crippen molar-refractivity contribution in [3.8, 4) is 6.07 Å². The highest BCUT2D eigenvalue weighted by Crippen LogP contribution is 2.29. The third kappa shape index (κ3) is 7.74. The predicted molar refractivity (Wildman–Crippen MR) is 143 cm³/mol. The molecule has 0 bridgehead atoms. The molecule has 15 heteroatoms. The maximum absolute atomic E-state index is 13.0. The smallest absolute Gasteiger partial charge is 0.259 e. The Balaban J connectivity index is 1.60. The fraction of sp³-hybridized carbons (Fsp3) is 0.480. The Morgan fingerprint density at radius 3 is 2.40 bits per heavy atom. The number of nitriles is 1. The second-order valence-corrected chi connectivity index (χ2v) is 10.8. The molecule has 2 aliphatic heterocycles. The van der Waals surface area contributed by atoms with Crippen molar-refractivity contribution in [3.63, 3.8) is 0 Å². The van der Waals surface area contributed by atoms with Crippen molar-refractivity contribution in [2.75, 3.05) is 48.0 Å². The predicted octanol–water partition coefficient (Wildman–Crippen LogP) is 0.842. The van der Waals surface area contributed by atoms with Gasteiger partial charge in [-0.05, 0) is 55.9 Å². The average molecular weight is 571 g/mol. The number of rotatable bonds is 10. The molecule has 2 aliphatic rings. The molecule has 4 N–H and O–H groups in total. The lowest BCUT2D eigenvalue weighted by Gasteiger charge is -2.32. The minimum Gasteiger partial charge on any atom is -0.790 e. The lowest BCUT2D eigenvalue weighted by Crippen LogP contribution is -2.36. The van der Waals surface area contributed by atoms with Crippen LogP contribution < -0.4 is 30.2 Å². The highest BCUT2D eigenvalue weighted by Gasteiger charge is 2.26. The number of nitrogens with zero attached hydrogens (tertiary/aromatic N) is 5. The van der Waals surface area contributed by atoms with Crippen LogP contribution in [-0.2, 0) is 9.09 Å². The van der Waals surface area contributed by atoms with Gasteiger partial charge in [-0.1, -0.05) is 0 Å². The molecule has 0 atom stereocenters. The summed E-state index contributed by atoms with van der Waals surface area (Å²) in [4.78, 5) is 47.7. The molecule has 3 heterocycles. The van der Waals surface area contributed by atoms with Gasteiger partial charge in [-0.15, -0.1) is 0 Å². The van der Waals surface area contributed by atoms with E-state index in [1.807, 2.05) is 29.2 Å². The van der Waals surface area contributed by atoms with E-state index in [4.69, 9.17) is 10.7 Å². The summed E-state index contributed by atoms with van der Waals surface area (Å²) >= 11 is 0. The molecule has 0 aliphatic carbocycles. The number of carbonyl (C=O) groups excluding carboxylic acids is 1. The molecule has 2 aromatic rings. The summed E-state index contributed by atoms with van der Waals surface area (Å²) in [6, 6.07) is 9.65. The number of nitrogens with one attached hydrogen (secondary N) is 3. The number of amides is 1. The first-order valence-electron chi connectivity index (χ1n) is 13.0. The normalized spacial score (nSPS) is 16.9. The summed E-state index contributed by atoms with van der Waals surface area (Å²) in [7, 11) is -5.31. The molecular weight excluding hydrogens is 539 g/mol. The van der Waals surface area contributed by atoms with Crippen LogP contribution in [0.4, 0.5) is 23.1 Å². The summed E-state index contributed by atoms with van der Waals surface area (Å²) in [6.07, 6.45) is 4.03. The van der Waals surface area contributed by atoms with Gasteiger partial charge in [-0.25, -0.2) is 4.98 Å². The minimum absolute atomic E-state index is 0.0138. The number of phosphoric acid groups is 1. The van der Waals surface area contributed by atoms with E-state index in [1.54, 1.807) is 0 Å². The van der Waals surface area contributed by atoms with Gasteiger partial charge in [0.2, 0.25) is 5.95 Å². The average Bonchev–Trinajstić information content (AvgIpc) is 2.93. The highest BCUT2D eigenvalue weighted by atomic mass is 31.2. The number of hydrogen-bond acceptors (Lipinski definition) is 13. The van der Waals surface area contributed by atoms with E-state index >= 15 is 0 Å². The van der Waals surface area contributed by atoms with Crippen LogP contribution in [0.1, 0.15) is 48.2 Å². The van der Waals surface area contributed by atoms with Gasteiger partial charge in [0.1, 0.15) is 23.8 Å². The SMILES string of the molecule is N#CCC1CCN(c2nc(C=N)c(C(=O)NCOP(=O)([O-])[O-])c(Nc3ccc(N4CCC(O)CC4)cc3)n2)CC1. The zero-order valence-electron chi connectivity index (χ0n) is 21.8. The molecule has 1 aromatic heterocycles. The van der Waals surface area contributed by atoms with Crippen LogP contribution in [0.5, 0.6) is 0 Å². The van der Waals surface area contributed by atoms with Crippen molar-refractivity contribution >= 4 is 43.1 Å². The van der Waals surface area contributed by atoms with Gasteiger partial charge in [0.05, 0.1) is 20.0 Å². The summed E-state index contributed by atoms with van der Waals surface area (Å²) in [5, 5.41) is 32.0. The van der Waals surface area contributed by atoms with Crippen molar-refractivity contribution in [3.05, 3.63) is 35.5 Å². The largest absolute Gasteiger partial charge is 0.790 e. The summed E-state index contributed by atoms with van der Waals surface area (Å²) in [6.45, 7) is 1.80. The van der Waals surface area contributed by atoms with Crippen LogP contribution in [0.2, 0.25) is 0 Å². The third-order valence-corrected chi connectivity index (χ3v) is 7.43. The molecule has 0 radical (unpaired) electrons. The van der Waals surface area contributed by atoms with Crippen LogP contribution in [0.15, 0.2) is 24.3 Å². The summed E-state index contributed by atoms with van der Waals surface area (Å²) < 4.78 is 14.9. The van der Waals surface area contributed by atoms with Crippen LogP contribution in [0.3, 0.4) is 0 Å². The second kappa shape index (κ2) is 13.2. The first kappa shape index (κ1) is 29.4. The van der Waals surface area contributed by atoms with Gasteiger partial charge >= 0.3 is 0 Å². The van der Waals surface area contributed by atoms with Crippen molar-refractivity contribution in [2.24, 2.45) is 5.92 Å². The first-order valence-corrected chi connectivity index (χ1v) is 14.4. The Labute approximate surface area is 231 Å². The standard InChI is InChI=1S/C25H33N8O6P/c26-10-5-17-6-11-33(12-7-17)25-30-21(15-27)22(24(35)28-16-39-40(36,37)38)23(31-25)29-18-1-3-19(4-2-18)32-13-8-20(34)9-14-32/h1-4,15,17,20,27,34H,5-9,11-14,16H2,(H,28,35)(H,29,30,31)(H2,36,37,38)/p-2. The van der Waals surface area contributed by atoms with E-state index < -0.39 is 20.5 Å². The van der Waals surface area contributed by atoms with Gasteiger partial charge in [-0.3, -0.25) is 4.79 Å². The van der Waals surface area contributed by atoms with Crippen molar-refractivity contribution in [1.29, 1.82) is 10.7 Å². The Morgan fingerprint density at radius 2 is 1.80 bits per heavy atom. The maximum atomic E-state index is 13.0. The summed E-state index contributed by atoms with van der Waals surface area (Å²) in [5.41, 5.74) is 1.45. The summed E-state index contributed by atoms with van der Waals surface area (Å²) in [5.74, 6) is -0.166. The van der Waals surface area contributed by atoms with Crippen LogP contribution in [0.25, 0.3) is 0 Å². The van der Waals surface area contributed by atoms with Gasteiger partial charge in [0.15, 0.2) is 0 Å². The molecule has 1 aromatic carbocycles. The van der Waals surface area contributed by atoms with E-state index in [0.717, 1.165) is 37.8 Å². The monoisotopic (exact) mass is 570 g/mol. The molecule has 0 saturated carbocycles. The lowest BCUT2D eigenvalue weighted by molar-refractivity contribution is -0.341. The molecule has 4 rings (SSSR count). The van der Waals surface area contributed by atoms with Gasteiger partial charge in [0.25, 0.3) is 5.91 Å². The second-order valence-electron chi connectivity index (χ2n) is 9.69. The van der Waals surface area contributed by atoms with Gasteiger partial charge < -0.3 is 49.8 Å². The fourth-order valence-corrected chi connectivity index (χ4v) is 5.00. The Hall–Kier alpha value is -3.60. The zero-order chi connectivity index (χ0) is 28.7. The molecule has 2 saturated heterocycles. The Morgan fingerprint density at radius 1 is 1.15 bits per heavy atom. The van der Waals surface area contributed by atoms with E-state index in [2.05, 4.69) is 36.1 Å². The van der Waals surface area contributed by atoms with Crippen molar-refractivity contribution in [2.45, 2.75) is 38.2 Å². The van der Waals surface area contributed by atoms with Gasteiger partial charge in [0, 0.05) is 50.2 Å². The maximum Gasteiger partial charge on any atom is 0.259 e. The number of aliphatic hydroxyl groups is 1. The number of phosphoric ester groups is 1. The minimum atomic E-state index is -5.31. The zero-order valence-corrected chi connectivity index (χ0v) is 22.7. The molecule has 40 heavy (non-hydrogen) atoms. The number of aliphatic hydroxyl groups excluding tert-OH is 1. The van der Waals surface area contributed by atoms with Crippen molar-refractivity contribution < 1.29 is 28.8 Å². The topological polar surface area (TPSA) is 214 Å². The number of aromatic nitrogens is 2. The Bertz CT molecular complexity index is 1280. The Kier molecular flexibility index (Phi) is 9.67. The third-order valence-electron chi connectivity index (χ3n) is 6.98. The molecule has 214 valence electrons. The van der Waals surface area contributed by atoms with Crippen LogP contribution >= 0.6 is 7.82 Å². The number of piperidine rings is 2. The number of hydrogen-bond donors (Lipinski definition) is 4. The highest BCUT2D eigenvalue weighted by molar-refractivity contribution is 7.43. The fourth-order valence-electron chi connectivity index (χ4n) is 4.77. The van der Waals surface area contributed by atoms with E-state index in [1.165, 1.54) is 0 Å². The lowest BCUT2D eigenvalue weighted by atomic mass is 9.94. The number of benzene rings is 1. The molecule has 14 nitrogen and oxygen atoms in total. The molecule has 2 fully saturated rings. The molecule has 0 spiro atoms. The quantitative estimate of drug-likeness (QED) is 0.178.